The zero-order chi connectivity index (χ0) is 44.7. The largest absolute Gasteiger partial charge is 0.462 e. The summed E-state index contributed by atoms with van der Waals surface area (Å²) in [6.07, 6.45) is 8.55. The second kappa shape index (κ2) is 19.7. The fourth-order valence-electron chi connectivity index (χ4n) is 10.6. The van der Waals surface area contributed by atoms with E-state index in [1.165, 1.54) is 0 Å². The van der Waals surface area contributed by atoms with Crippen LogP contribution in [0.5, 0.6) is 0 Å². The summed E-state index contributed by atoms with van der Waals surface area (Å²) in [5.41, 5.74) is 0.134. The molecule has 1 aliphatic carbocycles. The van der Waals surface area contributed by atoms with E-state index < -0.39 is 90.8 Å². The number of aliphatic hydroxyl groups is 3. The Labute approximate surface area is 367 Å². The fraction of sp³-hybridized carbons (Fsp3) is 0.771. The molecule has 14 heteroatoms. The van der Waals surface area contributed by atoms with Crippen LogP contribution in [0.3, 0.4) is 0 Å². The topological polar surface area (TPSA) is 170 Å². The highest BCUT2D eigenvalue weighted by molar-refractivity contribution is 5.78. The van der Waals surface area contributed by atoms with Crippen LogP contribution in [0.15, 0.2) is 59.3 Å². The molecule has 62 heavy (non-hydrogen) atoms. The number of rotatable bonds is 8. The zero-order valence-corrected chi connectivity index (χ0v) is 38.2. The molecular weight excluding hydrogens is 801 g/mol. The molecule has 0 amide bonds. The molecule has 0 aromatic rings. The van der Waals surface area contributed by atoms with Crippen LogP contribution < -0.4 is 0 Å². The zero-order valence-electron chi connectivity index (χ0n) is 38.2. The van der Waals surface area contributed by atoms with E-state index in [9.17, 15) is 20.1 Å². The van der Waals surface area contributed by atoms with Crippen LogP contribution in [0.25, 0.3) is 0 Å². The van der Waals surface area contributed by atoms with E-state index in [0.717, 1.165) is 12.0 Å². The van der Waals surface area contributed by atoms with Crippen LogP contribution in [-0.2, 0) is 52.2 Å². The second-order valence-corrected chi connectivity index (χ2v) is 19.0. The maximum absolute atomic E-state index is 14.3. The summed E-state index contributed by atoms with van der Waals surface area (Å²) in [6.45, 7) is 16.1. The van der Waals surface area contributed by atoms with Crippen LogP contribution in [0.2, 0.25) is 0 Å². The Morgan fingerprint density at radius 3 is 2.32 bits per heavy atom. The minimum Gasteiger partial charge on any atom is -0.462 e. The van der Waals surface area contributed by atoms with Crippen molar-refractivity contribution >= 4 is 5.97 Å². The van der Waals surface area contributed by atoms with Crippen molar-refractivity contribution in [1.29, 1.82) is 0 Å². The lowest BCUT2D eigenvalue weighted by Gasteiger charge is -2.48. The molecule has 0 aromatic heterocycles. The Kier molecular flexibility index (Phi) is 15.1. The highest BCUT2D eigenvalue weighted by atomic mass is 16.7. The molecule has 3 N–H and O–H groups in total. The fourth-order valence-corrected chi connectivity index (χ4v) is 10.6. The summed E-state index contributed by atoms with van der Waals surface area (Å²) in [5.74, 6) is -2.56. The third-order valence-electron chi connectivity index (χ3n) is 14.5. The van der Waals surface area contributed by atoms with Crippen LogP contribution >= 0.6 is 0 Å². The van der Waals surface area contributed by atoms with Gasteiger partial charge in [-0.3, -0.25) is 4.79 Å². The minimum absolute atomic E-state index is 0.0317. The third-order valence-corrected chi connectivity index (χ3v) is 14.5. The van der Waals surface area contributed by atoms with Crippen molar-refractivity contribution in [3.05, 3.63) is 59.3 Å². The summed E-state index contributed by atoms with van der Waals surface area (Å²) in [4.78, 5) is 14.3. The van der Waals surface area contributed by atoms with Gasteiger partial charge in [-0.25, -0.2) is 0 Å². The molecule has 2 bridgehead atoms. The van der Waals surface area contributed by atoms with Crippen molar-refractivity contribution in [2.45, 2.75) is 191 Å². The molecule has 4 fully saturated rings. The number of carbonyl (C=O) groups is 1. The lowest BCUT2D eigenvalue weighted by molar-refractivity contribution is -0.318. The van der Waals surface area contributed by atoms with E-state index in [-0.39, 0.29) is 42.7 Å². The van der Waals surface area contributed by atoms with Crippen molar-refractivity contribution < 1.29 is 67.5 Å². The summed E-state index contributed by atoms with van der Waals surface area (Å²) in [6, 6.07) is 0. The van der Waals surface area contributed by atoms with Crippen molar-refractivity contribution in [3.8, 4) is 0 Å². The first-order valence-electron chi connectivity index (χ1n) is 22.9. The van der Waals surface area contributed by atoms with Gasteiger partial charge >= 0.3 is 5.97 Å². The SMILES string of the molecule is CC[C@@H](C)[C@H]1O[C@]2(C=C[C@@H]1C)C[C@@H]1C[C@@H](C/C=C(\C)[C@@H](O[C@H]3C[C@H](OC)[C@@H](O[C@H]4C[C@H](OC)[C@@H](O)[C@H](C)O4)[C@H](C)O3)[C@@H](C)/C=C/C=C3\CO[C@@H]4[C@H](O)C(C)=C[C@@H](C(=O)O1)[C@]34O)O2. The Hall–Kier alpha value is -2.31. The monoisotopic (exact) mass is 872 g/mol. The highest BCUT2D eigenvalue weighted by Gasteiger charge is 2.60. The summed E-state index contributed by atoms with van der Waals surface area (Å²) < 4.78 is 63.7. The van der Waals surface area contributed by atoms with Crippen LogP contribution in [-0.4, -0.2) is 139 Å². The van der Waals surface area contributed by atoms with Crippen molar-refractivity contribution in [1.82, 2.24) is 0 Å². The molecule has 0 unspecified atom stereocenters. The molecule has 0 saturated carbocycles. The van der Waals surface area contributed by atoms with Crippen LogP contribution in [0, 0.1) is 23.7 Å². The van der Waals surface area contributed by atoms with Gasteiger partial charge in [0.05, 0.1) is 49.3 Å². The average Bonchev–Trinajstić information content (AvgIpc) is 3.58. The van der Waals surface area contributed by atoms with Gasteiger partial charge in [-0.15, -0.1) is 0 Å². The predicted octanol–water partition coefficient (Wildman–Crippen LogP) is 5.38. The van der Waals surface area contributed by atoms with Gasteiger partial charge in [0, 0.05) is 51.7 Å². The highest BCUT2D eigenvalue weighted by Crippen LogP contribution is 2.47. The second-order valence-electron chi connectivity index (χ2n) is 19.0. The van der Waals surface area contributed by atoms with Crippen molar-refractivity contribution in [2.24, 2.45) is 23.7 Å². The number of fused-ring (bicyclic) bond motifs is 2. The summed E-state index contributed by atoms with van der Waals surface area (Å²) in [7, 11) is 3.22. The molecule has 6 heterocycles. The van der Waals surface area contributed by atoms with E-state index in [0.29, 0.717) is 43.3 Å². The molecule has 20 atom stereocenters. The molecule has 14 nitrogen and oxygen atoms in total. The number of esters is 1. The molecule has 0 radical (unpaired) electrons. The van der Waals surface area contributed by atoms with E-state index in [2.05, 4.69) is 39.8 Å². The molecule has 0 aromatic carbocycles. The van der Waals surface area contributed by atoms with E-state index in [4.69, 9.17) is 47.4 Å². The summed E-state index contributed by atoms with van der Waals surface area (Å²) >= 11 is 0. The summed E-state index contributed by atoms with van der Waals surface area (Å²) in [5, 5.41) is 34.2. The normalized spacial score (nSPS) is 49.1. The minimum atomic E-state index is -1.84. The number of ether oxygens (including phenoxy) is 10. The Morgan fingerprint density at radius 1 is 0.887 bits per heavy atom. The number of aliphatic hydroxyl groups excluding tert-OH is 2. The van der Waals surface area contributed by atoms with E-state index in [1.807, 2.05) is 32.1 Å². The van der Waals surface area contributed by atoms with Crippen LogP contribution in [0.1, 0.15) is 93.9 Å². The van der Waals surface area contributed by atoms with E-state index in [1.54, 1.807) is 40.2 Å². The van der Waals surface area contributed by atoms with Gasteiger partial charge < -0.3 is 62.7 Å². The number of hydrogen-bond donors (Lipinski definition) is 3. The number of methoxy groups -OCH3 is 2. The van der Waals surface area contributed by atoms with Gasteiger partial charge in [0.1, 0.15) is 42.0 Å². The van der Waals surface area contributed by atoms with Crippen molar-refractivity contribution in [2.75, 3.05) is 20.8 Å². The predicted molar refractivity (Wildman–Crippen MR) is 227 cm³/mol. The van der Waals surface area contributed by atoms with Gasteiger partial charge in [-0.2, -0.15) is 0 Å². The average molecular weight is 873 g/mol. The van der Waals surface area contributed by atoms with E-state index >= 15 is 0 Å². The quantitative estimate of drug-likeness (QED) is 0.210. The first-order chi connectivity index (χ1) is 29.5. The molecule has 1 spiro atoms. The maximum Gasteiger partial charge on any atom is 0.316 e. The third kappa shape index (κ3) is 9.64. The molecule has 7 rings (SSSR count). The van der Waals surface area contributed by atoms with Gasteiger partial charge in [-0.05, 0) is 62.8 Å². The number of allylic oxidation sites excluding steroid dienone is 2. The standard InChI is InChI=1S/C48H72O14/c1-11-25(2)43-28(5)17-18-47(62-43)23-34-20-33(61-47)16-15-27(4)42(26(3)13-12-14-32-24-55-45-40(49)29(6)19-35(46(51)58-34)48(32,45)52)59-39-22-37(54-10)44(31(8)57-39)60-38-21-36(53-9)41(50)30(7)56-38/h12-15,17-19,25-26,28,30-31,33-45,49-50,52H,11,16,20-24H2,1-10H3/b13-12+,27-15+,32-14+/t25-,26+,28+,30+,31+,33-,34+,35+,36+,37+,38+,39+,40-,41+,42+,43-,44+,45-,47-,48-/m1/s1. The lowest BCUT2D eigenvalue weighted by atomic mass is 9.71. The smallest absolute Gasteiger partial charge is 0.316 e. The van der Waals surface area contributed by atoms with Crippen LogP contribution in [0.4, 0.5) is 0 Å². The number of hydrogen-bond acceptors (Lipinski definition) is 14. The molecule has 4 saturated heterocycles. The molecular formula is C48H72O14. The Bertz CT molecular complexity index is 1730. The molecule has 6 aliphatic heterocycles. The van der Waals surface area contributed by atoms with Gasteiger partial charge in [0.2, 0.25) is 0 Å². The molecule has 348 valence electrons. The van der Waals surface area contributed by atoms with Gasteiger partial charge in [0.15, 0.2) is 18.4 Å². The Morgan fingerprint density at radius 2 is 1.60 bits per heavy atom. The Balaban J connectivity index is 1.18. The number of carbonyl (C=O) groups excluding carboxylic acids is 1. The maximum atomic E-state index is 14.3. The molecule has 7 aliphatic rings. The first-order valence-corrected chi connectivity index (χ1v) is 22.9. The van der Waals surface area contributed by atoms with Crippen molar-refractivity contribution in [3.63, 3.8) is 0 Å². The lowest BCUT2D eigenvalue weighted by Crippen LogP contribution is -2.58. The van der Waals surface area contributed by atoms with Gasteiger partial charge in [0.25, 0.3) is 0 Å². The van der Waals surface area contributed by atoms with Gasteiger partial charge in [-0.1, -0.05) is 70.6 Å². The first kappa shape index (κ1) is 47.6.